The molecular weight excluding hydrogens is 490 g/mol. The molecule has 194 valence electrons. The maximum absolute atomic E-state index is 13.0. The summed E-state index contributed by atoms with van der Waals surface area (Å²) in [6, 6.07) is 0. The molecule has 35 heavy (non-hydrogen) atoms. The van der Waals surface area contributed by atoms with Gasteiger partial charge in [-0.25, -0.2) is 9.88 Å². The molecule has 0 radical (unpaired) electrons. The lowest BCUT2D eigenvalue weighted by atomic mass is 9.93. The molecule has 14 heteroatoms. The van der Waals surface area contributed by atoms with Gasteiger partial charge < -0.3 is 45.4 Å². The lowest BCUT2D eigenvalue weighted by Gasteiger charge is -2.32. The number of aromatic hydroxyl groups is 4. The number of hydrogen-bond acceptors (Lipinski definition) is 12. The lowest BCUT2D eigenvalue weighted by molar-refractivity contribution is -0.275. The Kier molecular flexibility index (Phi) is 7.79. The first-order valence-corrected chi connectivity index (χ1v) is 11.4. The minimum atomic E-state index is -2.83. The second kappa shape index (κ2) is 10.1. The molecule has 1 aromatic carbocycles. The van der Waals surface area contributed by atoms with Crippen LogP contribution in [-0.2, 0) is 22.0 Å². The number of alkyl halides is 1. The molecule has 3 atom stereocenters. The first-order chi connectivity index (χ1) is 16.4. The van der Waals surface area contributed by atoms with Crippen molar-refractivity contribution in [3.8, 4) is 23.0 Å². The summed E-state index contributed by atoms with van der Waals surface area (Å²) in [6.07, 6.45) is -0.413. The molecule has 2 aromatic rings. The molecule has 3 unspecified atom stereocenters. The van der Waals surface area contributed by atoms with Gasteiger partial charge in [-0.2, -0.15) is 0 Å². The van der Waals surface area contributed by atoms with E-state index in [1.807, 2.05) is 0 Å². The number of carbonyl (C=O) groups excluding carboxylic acids is 2. The number of hydrogen-bond donors (Lipinski definition) is 8. The number of phenolic OH excluding ortho intramolecular Hbond substituents is 4. The molecule has 2 heterocycles. The van der Waals surface area contributed by atoms with Crippen LogP contribution in [0.25, 0.3) is 11.0 Å². The zero-order valence-corrected chi connectivity index (χ0v) is 19.6. The summed E-state index contributed by atoms with van der Waals surface area (Å²) in [5.74, 6) is -11.7. The fourth-order valence-electron chi connectivity index (χ4n) is 4.16. The monoisotopic (exact) mass is 517 g/mol. The minimum Gasteiger partial charge on any atom is -0.503 e. The average molecular weight is 518 g/mol. The summed E-state index contributed by atoms with van der Waals surface area (Å²) in [7, 11) is 0. The number of fused-ring (bicyclic) bond motifs is 1. The number of halogens is 1. The molecule has 1 aromatic heterocycles. The minimum absolute atomic E-state index is 0.168. The standard InChI is InChI=1S/C21H28ClN3O10/c1-2-10(22)15(29)14(28)9(11(27)8-26)7-25-13-12(16(30)18(32)19(33)17(13)31)23-20(25)21(34,35)24-5-3-4-6-24/h9-10,15,26,29-35H,2-8H2,1H3. The van der Waals surface area contributed by atoms with E-state index in [9.17, 15) is 50.4 Å². The topological polar surface area (TPSA) is 217 Å². The Morgan fingerprint density at radius 1 is 1.06 bits per heavy atom. The number of carbonyl (C=O) groups is 2. The summed E-state index contributed by atoms with van der Waals surface area (Å²) in [5.41, 5.74) is -1.10. The molecule has 1 saturated heterocycles. The third-order valence-electron chi connectivity index (χ3n) is 6.21. The molecular formula is C21H28ClN3O10. The fourth-order valence-corrected chi connectivity index (χ4v) is 4.29. The summed E-state index contributed by atoms with van der Waals surface area (Å²) in [6.45, 7) is 0.152. The predicted octanol–water partition coefficient (Wildman–Crippen LogP) is -0.826. The summed E-state index contributed by atoms with van der Waals surface area (Å²) < 4.78 is 0.805. The maximum Gasteiger partial charge on any atom is 0.287 e. The van der Waals surface area contributed by atoms with E-state index in [0.717, 1.165) is 4.57 Å². The summed E-state index contributed by atoms with van der Waals surface area (Å²) >= 11 is 5.97. The zero-order chi connectivity index (χ0) is 26.2. The van der Waals surface area contributed by atoms with Gasteiger partial charge in [0.25, 0.3) is 5.91 Å². The zero-order valence-electron chi connectivity index (χ0n) is 18.8. The number of imidazole rings is 1. The maximum atomic E-state index is 13.0. The number of aliphatic hydroxyl groups is 4. The van der Waals surface area contributed by atoms with Gasteiger partial charge in [0.05, 0.1) is 11.3 Å². The molecule has 3 rings (SSSR count). The lowest BCUT2D eigenvalue weighted by Crippen LogP contribution is -2.47. The van der Waals surface area contributed by atoms with E-state index in [2.05, 4.69) is 4.98 Å². The van der Waals surface area contributed by atoms with Gasteiger partial charge in [-0.15, -0.1) is 11.6 Å². The van der Waals surface area contributed by atoms with Gasteiger partial charge in [-0.3, -0.25) is 9.59 Å². The van der Waals surface area contributed by atoms with Crippen LogP contribution >= 0.6 is 11.6 Å². The summed E-state index contributed by atoms with van der Waals surface area (Å²) in [4.78, 5) is 30.6. The number of aromatic nitrogens is 2. The first-order valence-electron chi connectivity index (χ1n) is 10.9. The SMILES string of the molecule is CCC(Cl)C(O)C(=O)C(Cn1c(C(O)(O)N2CCCC2)nc2c(O)c(O)c(O)c(O)c21)C(=O)CO. The van der Waals surface area contributed by atoms with Crippen LogP contribution in [-0.4, -0.2) is 98.0 Å². The largest absolute Gasteiger partial charge is 0.503 e. The number of phenols is 4. The highest BCUT2D eigenvalue weighted by Gasteiger charge is 2.44. The van der Waals surface area contributed by atoms with Crippen LogP contribution < -0.4 is 0 Å². The summed E-state index contributed by atoms with van der Waals surface area (Å²) in [5, 5.41) is 81.5. The van der Waals surface area contributed by atoms with Crippen LogP contribution in [0, 0.1) is 5.92 Å². The Hall–Kier alpha value is -2.68. The van der Waals surface area contributed by atoms with Crippen molar-refractivity contribution in [2.24, 2.45) is 5.92 Å². The van der Waals surface area contributed by atoms with E-state index in [1.165, 1.54) is 4.90 Å². The van der Waals surface area contributed by atoms with Crippen LogP contribution in [0.2, 0.25) is 0 Å². The van der Waals surface area contributed by atoms with Crippen molar-refractivity contribution >= 4 is 34.2 Å². The number of likely N-dealkylation sites (tertiary alicyclic amines) is 1. The van der Waals surface area contributed by atoms with Crippen molar-refractivity contribution in [1.82, 2.24) is 14.5 Å². The molecule has 1 fully saturated rings. The van der Waals surface area contributed by atoms with Gasteiger partial charge in [0.2, 0.25) is 11.5 Å². The van der Waals surface area contributed by atoms with E-state index in [4.69, 9.17) is 11.6 Å². The van der Waals surface area contributed by atoms with Crippen LogP contribution in [0.4, 0.5) is 0 Å². The molecule has 0 aliphatic carbocycles. The Morgan fingerprint density at radius 2 is 1.63 bits per heavy atom. The highest BCUT2D eigenvalue weighted by Crippen LogP contribution is 2.49. The first kappa shape index (κ1) is 26.9. The highest BCUT2D eigenvalue weighted by atomic mass is 35.5. The van der Waals surface area contributed by atoms with E-state index in [1.54, 1.807) is 6.92 Å². The Bertz CT molecular complexity index is 1130. The van der Waals surface area contributed by atoms with Crippen molar-refractivity contribution < 1.29 is 50.4 Å². The molecule has 0 bridgehead atoms. The third-order valence-corrected chi connectivity index (χ3v) is 6.76. The Labute approximate surface area is 204 Å². The van der Waals surface area contributed by atoms with Crippen LogP contribution in [0.3, 0.4) is 0 Å². The van der Waals surface area contributed by atoms with Gasteiger partial charge in [0.1, 0.15) is 23.7 Å². The number of aliphatic hydroxyl groups excluding tert-OH is 2. The Morgan fingerprint density at radius 3 is 2.17 bits per heavy atom. The number of Topliss-reactive ketones (excluding diaryl/α,β-unsaturated/α-hetero) is 2. The van der Waals surface area contributed by atoms with Crippen molar-refractivity contribution in [1.29, 1.82) is 0 Å². The number of benzene rings is 1. The molecule has 1 aliphatic rings. The van der Waals surface area contributed by atoms with Gasteiger partial charge in [0.15, 0.2) is 28.9 Å². The smallest absolute Gasteiger partial charge is 0.287 e. The Balaban J connectivity index is 2.26. The number of ketones is 2. The van der Waals surface area contributed by atoms with Crippen molar-refractivity contribution in [3.05, 3.63) is 5.82 Å². The van der Waals surface area contributed by atoms with Crippen molar-refractivity contribution in [3.63, 3.8) is 0 Å². The third kappa shape index (κ3) is 4.62. The van der Waals surface area contributed by atoms with Gasteiger partial charge in [0, 0.05) is 19.6 Å². The number of nitrogens with zero attached hydrogens (tertiary/aromatic N) is 3. The van der Waals surface area contributed by atoms with Crippen molar-refractivity contribution in [2.45, 2.75) is 50.1 Å². The molecule has 1 aliphatic heterocycles. The quantitative estimate of drug-likeness (QED) is 0.0637. The van der Waals surface area contributed by atoms with Crippen molar-refractivity contribution in [2.75, 3.05) is 19.7 Å². The molecule has 0 amide bonds. The van der Waals surface area contributed by atoms with E-state index in [-0.39, 0.29) is 19.5 Å². The molecule has 0 spiro atoms. The van der Waals surface area contributed by atoms with E-state index >= 15 is 0 Å². The second-order valence-corrected chi connectivity index (χ2v) is 8.98. The average Bonchev–Trinajstić information content (AvgIpc) is 3.52. The van der Waals surface area contributed by atoms with E-state index in [0.29, 0.717) is 12.8 Å². The fraction of sp³-hybridized carbons (Fsp3) is 0.571. The van der Waals surface area contributed by atoms with Crippen LogP contribution in [0.1, 0.15) is 32.0 Å². The van der Waals surface area contributed by atoms with Gasteiger partial charge >= 0.3 is 0 Å². The van der Waals surface area contributed by atoms with Gasteiger partial charge in [-0.1, -0.05) is 6.92 Å². The van der Waals surface area contributed by atoms with E-state index < -0.39 is 87.9 Å². The van der Waals surface area contributed by atoms with Crippen LogP contribution in [0.5, 0.6) is 23.0 Å². The van der Waals surface area contributed by atoms with Crippen LogP contribution in [0.15, 0.2) is 0 Å². The second-order valence-electron chi connectivity index (χ2n) is 8.42. The predicted molar refractivity (Wildman–Crippen MR) is 120 cm³/mol. The normalized spacial score (nSPS) is 17.5. The highest BCUT2D eigenvalue weighted by molar-refractivity contribution is 6.23. The molecule has 13 nitrogen and oxygen atoms in total. The van der Waals surface area contributed by atoms with Gasteiger partial charge in [-0.05, 0) is 19.3 Å². The molecule has 8 N–H and O–H groups in total. The number of rotatable bonds is 10. The molecule has 0 saturated carbocycles.